The molecule has 4 heteroatoms. The minimum absolute atomic E-state index is 0.0392. The zero-order valence-electron chi connectivity index (χ0n) is 17.1. The predicted molar refractivity (Wildman–Crippen MR) is 118 cm³/mol. The van der Waals surface area contributed by atoms with Crippen molar-refractivity contribution >= 4 is 0 Å². The maximum atomic E-state index is 10.2. The predicted octanol–water partition coefficient (Wildman–Crippen LogP) is 4.03. The van der Waals surface area contributed by atoms with Crippen LogP contribution in [-0.4, -0.2) is 41.4 Å². The van der Waals surface area contributed by atoms with Crippen LogP contribution in [0.3, 0.4) is 0 Å². The molecule has 1 aliphatic heterocycles. The van der Waals surface area contributed by atoms with Crippen LogP contribution in [0, 0.1) is 0 Å². The summed E-state index contributed by atoms with van der Waals surface area (Å²) in [6, 6.07) is 30.6. The number of ether oxygens (including phenoxy) is 2. The van der Waals surface area contributed by atoms with Crippen molar-refractivity contribution in [3.8, 4) is 0 Å². The highest BCUT2D eigenvalue weighted by atomic mass is 16.5. The first-order valence-electron chi connectivity index (χ1n) is 10.5. The van der Waals surface area contributed by atoms with Gasteiger partial charge in [-0.2, -0.15) is 0 Å². The molecular formula is C26H29NO3. The lowest BCUT2D eigenvalue weighted by Crippen LogP contribution is -2.40. The van der Waals surface area contributed by atoms with E-state index in [0.29, 0.717) is 13.2 Å². The topological polar surface area (TPSA) is 41.9 Å². The molecule has 156 valence electrons. The van der Waals surface area contributed by atoms with Crippen molar-refractivity contribution in [2.45, 2.75) is 38.0 Å². The van der Waals surface area contributed by atoms with Gasteiger partial charge in [0.2, 0.25) is 0 Å². The summed E-state index contributed by atoms with van der Waals surface area (Å²) in [6.45, 7) is 2.58. The number of benzene rings is 3. The molecule has 30 heavy (non-hydrogen) atoms. The molecule has 1 aliphatic rings. The van der Waals surface area contributed by atoms with Gasteiger partial charge in [-0.25, -0.2) is 0 Å². The maximum absolute atomic E-state index is 10.2. The highest BCUT2D eigenvalue weighted by Gasteiger charge is 2.43. The summed E-state index contributed by atoms with van der Waals surface area (Å²) in [7, 11) is 0. The summed E-state index contributed by atoms with van der Waals surface area (Å²) >= 11 is 0. The van der Waals surface area contributed by atoms with Gasteiger partial charge < -0.3 is 14.6 Å². The average molecular weight is 404 g/mol. The van der Waals surface area contributed by atoms with Crippen molar-refractivity contribution in [2.75, 3.05) is 13.2 Å². The molecule has 0 aliphatic carbocycles. The Labute approximate surface area is 178 Å². The minimum atomic E-state index is -0.192. The summed E-state index contributed by atoms with van der Waals surface area (Å²) in [6.07, 6.45) is -0.294. The number of likely N-dealkylation sites (tertiary alicyclic amines) is 1. The lowest BCUT2D eigenvalue weighted by atomic mass is 10.1. The molecule has 0 spiro atoms. The summed E-state index contributed by atoms with van der Waals surface area (Å²) in [4.78, 5) is 2.28. The average Bonchev–Trinajstić information content (AvgIpc) is 3.14. The van der Waals surface area contributed by atoms with Gasteiger partial charge in [0.25, 0.3) is 0 Å². The first-order valence-corrected chi connectivity index (χ1v) is 10.5. The van der Waals surface area contributed by atoms with E-state index in [1.165, 1.54) is 5.56 Å². The molecular weight excluding hydrogens is 374 g/mol. The van der Waals surface area contributed by atoms with Gasteiger partial charge in [0, 0.05) is 13.1 Å². The van der Waals surface area contributed by atoms with Crippen molar-refractivity contribution in [1.29, 1.82) is 0 Å². The Kier molecular flexibility index (Phi) is 7.27. The van der Waals surface area contributed by atoms with Gasteiger partial charge in [0.1, 0.15) is 6.10 Å². The SMILES string of the molecule is OCC1C(OCc2ccccc2)C(OCc2ccccc2)CN1Cc1ccccc1. The molecule has 4 rings (SSSR count). The third kappa shape index (κ3) is 5.35. The fraction of sp³-hybridized carbons (Fsp3) is 0.308. The van der Waals surface area contributed by atoms with Crippen molar-refractivity contribution in [3.05, 3.63) is 108 Å². The van der Waals surface area contributed by atoms with E-state index in [-0.39, 0.29) is 24.9 Å². The molecule has 0 aromatic heterocycles. The van der Waals surface area contributed by atoms with Crippen molar-refractivity contribution in [1.82, 2.24) is 4.90 Å². The Hall–Kier alpha value is -2.50. The number of hydrogen-bond donors (Lipinski definition) is 1. The molecule has 0 saturated carbocycles. The van der Waals surface area contributed by atoms with Gasteiger partial charge in [0.05, 0.1) is 32.0 Å². The molecule has 1 saturated heterocycles. The first-order chi connectivity index (χ1) is 14.8. The number of aliphatic hydroxyl groups is 1. The first kappa shape index (κ1) is 20.8. The van der Waals surface area contributed by atoms with Gasteiger partial charge in [-0.05, 0) is 16.7 Å². The number of nitrogens with zero attached hydrogens (tertiary/aromatic N) is 1. The van der Waals surface area contributed by atoms with Gasteiger partial charge >= 0.3 is 0 Å². The van der Waals surface area contributed by atoms with E-state index in [0.717, 1.165) is 24.2 Å². The standard InChI is InChI=1S/C26H29NO3/c28-18-24-26(30-20-23-14-8-3-9-15-23)25(29-19-22-12-6-2-7-13-22)17-27(24)16-21-10-4-1-5-11-21/h1-15,24-26,28H,16-20H2. The quantitative estimate of drug-likeness (QED) is 0.586. The second-order valence-corrected chi connectivity index (χ2v) is 7.76. The fourth-order valence-electron chi connectivity index (χ4n) is 4.06. The van der Waals surface area contributed by atoms with Gasteiger partial charge in [-0.15, -0.1) is 0 Å². The lowest BCUT2D eigenvalue weighted by Gasteiger charge is -2.27. The van der Waals surface area contributed by atoms with Gasteiger partial charge in [0.15, 0.2) is 0 Å². The zero-order valence-corrected chi connectivity index (χ0v) is 17.1. The Morgan fingerprint density at radius 1 is 0.700 bits per heavy atom. The van der Waals surface area contributed by atoms with Gasteiger partial charge in [-0.1, -0.05) is 91.0 Å². The van der Waals surface area contributed by atoms with Crippen LogP contribution in [-0.2, 0) is 29.2 Å². The Bertz CT molecular complexity index is 873. The van der Waals surface area contributed by atoms with Crippen molar-refractivity contribution in [2.24, 2.45) is 0 Å². The monoisotopic (exact) mass is 403 g/mol. The van der Waals surface area contributed by atoms with E-state index in [2.05, 4.69) is 41.3 Å². The number of rotatable bonds is 9. The lowest BCUT2D eigenvalue weighted by molar-refractivity contribution is -0.0764. The Morgan fingerprint density at radius 2 is 1.20 bits per heavy atom. The van der Waals surface area contributed by atoms with E-state index < -0.39 is 0 Å². The molecule has 3 atom stereocenters. The van der Waals surface area contributed by atoms with Crippen LogP contribution in [0.15, 0.2) is 91.0 Å². The highest BCUT2D eigenvalue weighted by Crippen LogP contribution is 2.27. The smallest absolute Gasteiger partial charge is 0.103 e. The molecule has 0 bridgehead atoms. The largest absolute Gasteiger partial charge is 0.395 e. The highest BCUT2D eigenvalue weighted by molar-refractivity contribution is 5.17. The minimum Gasteiger partial charge on any atom is -0.395 e. The molecule has 1 heterocycles. The number of hydrogen-bond acceptors (Lipinski definition) is 4. The zero-order chi connectivity index (χ0) is 20.6. The van der Waals surface area contributed by atoms with Crippen LogP contribution in [0.5, 0.6) is 0 Å². The molecule has 3 aromatic carbocycles. The Balaban J connectivity index is 1.47. The molecule has 3 unspecified atom stereocenters. The second kappa shape index (κ2) is 10.5. The molecule has 0 radical (unpaired) electrons. The van der Waals surface area contributed by atoms with E-state index in [1.54, 1.807) is 0 Å². The van der Waals surface area contributed by atoms with Crippen LogP contribution in [0.4, 0.5) is 0 Å². The van der Waals surface area contributed by atoms with Crippen molar-refractivity contribution in [3.63, 3.8) is 0 Å². The molecule has 4 nitrogen and oxygen atoms in total. The summed E-state index contributed by atoms with van der Waals surface area (Å²) in [5, 5.41) is 10.2. The summed E-state index contributed by atoms with van der Waals surface area (Å²) < 4.78 is 12.6. The van der Waals surface area contributed by atoms with Crippen LogP contribution in [0.2, 0.25) is 0 Å². The maximum Gasteiger partial charge on any atom is 0.103 e. The van der Waals surface area contributed by atoms with Crippen LogP contribution in [0.1, 0.15) is 16.7 Å². The third-order valence-corrected chi connectivity index (χ3v) is 5.64. The number of aliphatic hydroxyl groups excluding tert-OH is 1. The summed E-state index contributed by atoms with van der Waals surface area (Å²) in [5.74, 6) is 0. The van der Waals surface area contributed by atoms with E-state index in [9.17, 15) is 5.11 Å². The second-order valence-electron chi connectivity index (χ2n) is 7.76. The van der Waals surface area contributed by atoms with E-state index in [4.69, 9.17) is 9.47 Å². The molecule has 0 amide bonds. The third-order valence-electron chi connectivity index (χ3n) is 5.64. The molecule has 1 N–H and O–H groups in total. The fourth-order valence-corrected chi connectivity index (χ4v) is 4.06. The van der Waals surface area contributed by atoms with E-state index >= 15 is 0 Å². The Morgan fingerprint density at radius 3 is 1.73 bits per heavy atom. The van der Waals surface area contributed by atoms with Crippen molar-refractivity contribution < 1.29 is 14.6 Å². The molecule has 1 fully saturated rings. The van der Waals surface area contributed by atoms with Crippen LogP contribution >= 0.6 is 0 Å². The summed E-state index contributed by atoms with van der Waals surface area (Å²) in [5.41, 5.74) is 3.49. The van der Waals surface area contributed by atoms with Crippen LogP contribution < -0.4 is 0 Å². The molecule has 3 aromatic rings. The van der Waals surface area contributed by atoms with Gasteiger partial charge in [-0.3, -0.25) is 4.90 Å². The van der Waals surface area contributed by atoms with E-state index in [1.807, 2.05) is 54.6 Å². The van der Waals surface area contributed by atoms with Crippen LogP contribution in [0.25, 0.3) is 0 Å². The normalized spacial score (nSPS) is 21.7.